The third kappa shape index (κ3) is 5.68. The van der Waals surface area contributed by atoms with Crippen molar-refractivity contribution in [2.45, 2.75) is 10.8 Å². The van der Waals surface area contributed by atoms with Gasteiger partial charge >= 0.3 is 0 Å². The first-order chi connectivity index (χ1) is 34.7. The van der Waals surface area contributed by atoms with E-state index in [-0.39, 0.29) is 0 Å². The van der Waals surface area contributed by atoms with Gasteiger partial charge in [0.25, 0.3) is 0 Å². The van der Waals surface area contributed by atoms with E-state index in [4.69, 9.17) is 4.42 Å². The van der Waals surface area contributed by atoms with E-state index in [0.29, 0.717) is 0 Å². The second kappa shape index (κ2) is 15.8. The molecule has 0 radical (unpaired) electrons. The number of hydrogen-bond donors (Lipinski definition) is 0. The van der Waals surface area contributed by atoms with Gasteiger partial charge < -0.3 is 9.32 Å². The predicted octanol–water partition coefficient (Wildman–Crippen LogP) is 17.4. The predicted molar refractivity (Wildman–Crippen MR) is 288 cm³/mol. The van der Waals surface area contributed by atoms with Gasteiger partial charge in [0.1, 0.15) is 11.2 Å². The van der Waals surface area contributed by atoms with E-state index >= 15 is 0 Å². The molecule has 0 saturated heterocycles. The summed E-state index contributed by atoms with van der Waals surface area (Å²) in [4.78, 5) is 2.49. The maximum atomic E-state index is 6.57. The lowest BCUT2D eigenvalue weighted by Gasteiger charge is -2.38. The Morgan fingerprint density at radius 2 is 0.700 bits per heavy atom. The van der Waals surface area contributed by atoms with Crippen molar-refractivity contribution in [3.63, 3.8) is 0 Å². The van der Waals surface area contributed by atoms with Crippen molar-refractivity contribution in [3.05, 3.63) is 317 Å². The van der Waals surface area contributed by atoms with Crippen LogP contribution >= 0.6 is 0 Å². The van der Waals surface area contributed by atoms with Crippen LogP contribution in [0.5, 0.6) is 0 Å². The number of fused-ring (bicyclic) bond motifs is 9. The highest BCUT2D eigenvalue weighted by molar-refractivity contribution is 6.09. The lowest BCUT2D eigenvalue weighted by molar-refractivity contribution is 0.670. The first-order valence-corrected chi connectivity index (χ1v) is 24.3. The van der Waals surface area contributed by atoms with E-state index in [9.17, 15) is 0 Å². The SMILES string of the molecule is c1ccc(C2(c3ccc(N(c4ccc(-c5cccc6c5oc5ccccc56)cc4)c4cccc5c4C(c4ccccc4)(c4ccccc4)c4ccccc4-5)cc3)c3ccccc3-c3ccccc32)cc1. The highest BCUT2D eigenvalue weighted by Gasteiger charge is 2.49. The topological polar surface area (TPSA) is 16.4 Å². The van der Waals surface area contributed by atoms with Crippen LogP contribution in [0.15, 0.2) is 277 Å². The fourth-order valence-corrected chi connectivity index (χ4v) is 12.4. The van der Waals surface area contributed by atoms with Gasteiger partial charge in [0.15, 0.2) is 0 Å². The molecule has 14 rings (SSSR count). The molecule has 0 N–H and O–H groups in total. The molecule has 0 saturated carbocycles. The Kier molecular flexibility index (Phi) is 9.06. The average molecular weight is 892 g/mol. The molecule has 0 spiro atoms. The summed E-state index contributed by atoms with van der Waals surface area (Å²) in [6.07, 6.45) is 0. The van der Waals surface area contributed by atoms with E-state index in [2.05, 4.69) is 272 Å². The first-order valence-electron chi connectivity index (χ1n) is 24.3. The molecule has 0 fully saturated rings. The second-order valence-corrected chi connectivity index (χ2v) is 18.6. The minimum atomic E-state index is -0.616. The third-order valence-corrected chi connectivity index (χ3v) is 15.3. The highest BCUT2D eigenvalue weighted by atomic mass is 16.3. The van der Waals surface area contributed by atoms with Crippen LogP contribution in [0, 0.1) is 0 Å². The van der Waals surface area contributed by atoms with Crippen molar-refractivity contribution in [2.75, 3.05) is 4.90 Å². The van der Waals surface area contributed by atoms with Crippen LogP contribution in [0.1, 0.15) is 44.5 Å². The summed E-state index contributed by atoms with van der Waals surface area (Å²) in [6.45, 7) is 0. The molecule has 0 atom stereocenters. The Bertz CT molecular complexity index is 3840. The van der Waals surface area contributed by atoms with Gasteiger partial charge in [-0.1, -0.05) is 237 Å². The molecule has 70 heavy (non-hydrogen) atoms. The summed E-state index contributed by atoms with van der Waals surface area (Å²) in [5.41, 5.74) is 21.2. The zero-order valence-corrected chi connectivity index (χ0v) is 38.3. The molecule has 2 heteroatoms. The Hall–Kier alpha value is -8.98. The Balaban J connectivity index is 1.01. The van der Waals surface area contributed by atoms with Gasteiger partial charge in [0.05, 0.1) is 16.5 Å². The zero-order valence-electron chi connectivity index (χ0n) is 38.3. The van der Waals surface area contributed by atoms with E-state index in [1.807, 2.05) is 6.07 Å². The number of rotatable bonds is 8. The quantitative estimate of drug-likeness (QED) is 0.151. The molecular weight excluding hydrogens is 847 g/mol. The number of nitrogens with zero attached hydrogens (tertiary/aromatic N) is 1. The van der Waals surface area contributed by atoms with Crippen LogP contribution in [0.25, 0.3) is 55.3 Å². The zero-order chi connectivity index (χ0) is 46.2. The Labute approximate surface area is 408 Å². The minimum Gasteiger partial charge on any atom is -0.455 e. The average Bonchev–Trinajstić information content (AvgIpc) is 4.08. The summed E-state index contributed by atoms with van der Waals surface area (Å²) in [7, 11) is 0. The number of hydrogen-bond acceptors (Lipinski definition) is 2. The highest BCUT2D eigenvalue weighted by Crippen LogP contribution is 2.61. The standard InChI is InChI=1S/C68H45NO/c1-4-20-47(21-5-1)67(60-33-14-10-26-54(60)55-27-11-15-34-61(55)67)50-40-44-52(45-41-50)69(51-42-38-46(39-43-51)53-30-18-32-59-57-29-13-17-37-64(57)70-66(53)59)63-36-19-31-58-56-28-12-16-35-62(56)68(65(58)63,48-22-6-2-7-23-48)49-24-8-3-9-25-49/h1-45H. The normalized spacial score (nSPS) is 13.7. The molecule has 0 bridgehead atoms. The van der Waals surface area contributed by atoms with Gasteiger partial charge in [-0.3, -0.25) is 0 Å². The van der Waals surface area contributed by atoms with Crippen molar-refractivity contribution < 1.29 is 4.42 Å². The van der Waals surface area contributed by atoms with Crippen molar-refractivity contribution in [2.24, 2.45) is 0 Å². The molecule has 328 valence electrons. The van der Waals surface area contributed by atoms with Crippen LogP contribution in [0.3, 0.4) is 0 Å². The number of para-hydroxylation sites is 2. The van der Waals surface area contributed by atoms with Crippen molar-refractivity contribution >= 4 is 39.0 Å². The second-order valence-electron chi connectivity index (χ2n) is 18.6. The van der Waals surface area contributed by atoms with Crippen LogP contribution in [-0.4, -0.2) is 0 Å². The summed E-state index contributed by atoms with van der Waals surface area (Å²) in [5, 5.41) is 2.25. The molecule has 12 aromatic rings. The summed E-state index contributed by atoms with van der Waals surface area (Å²) in [6, 6.07) is 100. The Morgan fingerprint density at radius 3 is 1.30 bits per heavy atom. The van der Waals surface area contributed by atoms with Crippen LogP contribution in [0.4, 0.5) is 17.1 Å². The molecule has 2 aliphatic rings. The van der Waals surface area contributed by atoms with Gasteiger partial charge in [-0.25, -0.2) is 0 Å². The largest absolute Gasteiger partial charge is 0.455 e. The monoisotopic (exact) mass is 891 g/mol. The summed E-state index contributed by atoms with van der Waals surface area (Å²) < 4.78 is 6.57. The molecule has 0 unspecified atom stereocenters. The summed E-state index contributed by atoms with van der Waals surface area (Å²) >= 11 is 0. The Morgan fingerprint density at radius 1 is 0.286 bits per heavy atom. The molecule has 0 aliphatic heterocycles. The van der Waals surface area contributed by atoms with Crippen LogP contribution < -0.4 is 4.90 Å². The van der Waals surface area contributed by atoms with Crippen LogP contribution in [0.2, 0.25) is 0 Å². The molecule has 2 nitrogen and oxygen atoms in total. The molecule has 11 aromatic carbocycles. The molecule has 0 amide bonds. The maximum absolute atomic E-state index is 6.57. The number of furan rings is 1. The van der Waals surface area contributed by atoms with Crippen molar-refractivity contribution in [3.8, 4) is 33.4 Å². The molecule has 1 aromatic heterocycles. The third-order valence-electron chi connectivity index (χ3n) is 15.3. The van der Waals surface area contributed by atoms with Crippen molar-refractivity contribution in [1.82, 2.24) is 0 Å². The lowest BCUT2D eigenvalue weighted by Crippen LogP contribution is -2.30. The van der Waals surface area contributed by atoms with Gasteiger partial charge in [-0.2, -0.15) is 0 Å². The van der Waals surface area contributed by atoms with Gasteiger partial charge in [-0.15, -0.1) is 0 Å². The first kappa shape index (κ1) is 40.1. The van der Waals surface area contributed by atoms with E-state index < -0.39 is 10.8 Å². The van der Waals surface area contributed by atoms with E-state index in [1.165, 1.54) is 66.8 Å². The fraction of sp³-hybridized carbons (Fsp3) is 0.0294. The number of anilines is 3. The number of benzene rings is 11. The molecule has 2 aliphatic carbocycles. The van der Waals surface area contributed by atoms with Gasteiger partial charge in [0.2, 0.25) is 0 Å². The lowest BCUT2D eigenvalue weighted by atomic mass is 9.67. The fourth-order valence-electron chi connectivity index (χ4n) is 12.4. The van der Waals surface area contributed by atoms with Crippen LogP contribution in [-0.2, 0) is 10.8 Å². The smallest absolute Gasteiger partial charge is 0.143 e. The maximum Gasteiger partial charge on any atom is 0.143 e. The van der Waals surface area contributed by atoms with E-state index in [1.54, 1.807) is 0 Å². The van der Waals surface area contributed by atoms with Gasteiger partial charge in [0, 0.05) is 33.3 Å². The summed E-state index contributed by atoms with van der Waals surface area (Å²) in [5.74, 6) is 0. The van der Waals surface area contributed by atoms with Gasteiger partial charge in [-0.05, 0) is 103 Å². The molecule has 1 heterocycles. The minimum absolute atomic E-state index is 0.511. The molecular formula is C68H45NO. The van der Waals surface area contributed by atoms with Crippen molar-refractivity contribution in [1.29, 1.82) is 0 Å². The van der Waals surface area contributed by atoms with E-state index in [0.717, 1.165) is 50.1 Å².